The number of nitrogens with zero attached hydrogens (tertiary/aromatic N) is 1. The molecule has 4 heteroatoms. The van der Waals surface area contributed by atoms with E-state index < -0.39 is 0 Å². The van der Waals surface area contributed by atoms with Crippen molar-refractivity contribution >= 4 is 27.4 Å². The molecule has 0 saturated heterocycles. The predicted molar refractivity (Wildman–Crippen MR) is 68.9 cm³/mol. The highest BCUT2D eigenvalue weighted by Crippen LogP contribution is 2.21. The highest BCUT2D eigenvalue weighted by molar-refractivity contribution is 9.10. The van der Waals surface area contributed by atoms with Crippen LogP contribution in [0.25, 0.3) is 0 Å². The zero-order valence-electron chi connectivity index (χ0n) is 9.26. The lowest BCUT2D eigenvalue weighted by Gasteiger charge is -2.08. The number of hydrogen-bond acceptors (Lipinski definition) is 3. The topological polar surface area (TPSA) is 50.9 Å². The smallest absolute Gasteiger partial charge is 0.140 e. The summed E-state index contributed by atoms with van der Waals surface area (Å²) in [5.74, 6) is 1.63. The molecule has 3 N–H and O–H groups in total. The fraction of sp³-hybridized carbons (Fsp3) is 0.545. The van der Waals surface area contributed by atoms with E-state index in [4.69, 9.17) is 5.73 Å². The molecule has 0 aliphatic carbocycles. The highest BCUT2D eigenvalue weighted by Gasteiger charge is 2.01. The Labute approximate surface area is 99.6 Å². The number of nitrogens with one attached hydrogen (secondary N) is 1. The third kappa shape index (κ3) is 4.51. The van der Waals surface area contributed by atoms with E-state index in [9.17, 15) is 0 Å². The Hall–Kier alpha value is -0.770. The number of nitrogen functional groups attached to an aromatic ring is 1. The van der Waals surface area contributed by atoms with Crippen molar-refractivity contribution in [2.75, 3.05) is 17.6 Å². The summed E-state index contributed by atoms with van der Waals surface area (Å²) in [6.07, 6.45) is 4.06. The van der Waals surface area contributed by atoms with E-state index in [2.05, 4.69) is 40.1 Å². The fourth-order valence-electron chi connectivity index (χ4n) is 1.30. The van der Waals surface area contributed by atoms with E-state index in [1.54, 1.807) is 6.20 Å². The van der Waals surface area contributed by atoms with Gasteiger partial charge in [0.05, 0.1) is 16.4 Å². The molecule has 1 aromatic rings. The average Bonchev–Trinajstić information content (AvgIpc) is 2.14. The number of nitrogens with two attached hydrogens (primary N) is 1. The summed E-state index contributed by atoms with van der Waals surface area (Å²) < 4.78 is 0.923. The maximum atomic E-state index is 5.60. The highest BCUT2D eigenvalue weighted by atomic mass is 79.9. The predicted octanol–water partition coefficient (Wildman–Crippen LogP) is 3.27. The molecule has 0 radical (unpaired) electrons. The van der Waals surface area contributed by atoms with Crippen molar-refractivity contribution in [1.29, 1.82) is 0 Å². The van der Waals surface area contributed by atoms with Gasteiger partial charge >= 0.3 is 0 Å². The third-order valence-corrected chi connectivity index (χ3v) is 2.72. The molecule has 0 bridgehead atoms. The van der Waals surface area contributed by atoms with E-state index in [1.165, 1.54) is 6.42 Å². The van der Waals surface area contributed by atoms with Crippen LogP contribution >= 0.6 is 15.9 Å². The van der Waals surface area contributed by atoms with E-state index in [0.29, 0.717) is 5.69 Å². The van der Waals surface area contributed by atoms with E-state index in [0.717, 1.165) is 29.2 Å². The summed E-state index contributed by atoms with van der Waals surface area (Å²) in [6, 6.07) is 1.86. The molecule has 0 aliphatic heterocycles. The first kappa shape index (κ1) is 12.3. The molecule has 0 aliphatic rings. The number of anilines is 2. The standard InChI is InChI=1S/C11H18BrN3/c1-8(2)4-3-5-14-11-10(12)6-9(13)7-15-11/h6-8H,3-5,13H2,1-2H3,(H,14,15). The number of pyridine rings is 1. The van der Waals surface area contributed by atoms with Gasteiger partial charge in [0, 0.05) is 6.54 Å². The minimum absolute atomic E-state index is 0.676. The van der Waals surface area contributed by atoms with Crippen LogP contribution < -0.4 is 11.1 Å². The van der Waals surface area contributed by atoms with Crippen LogP contribution in [0.1, 0.15) is 26.7 Å². The SMILES string of the molecule is CC(C)CCCNc1ncc(N)cc1Br. The molecular weight excluding hydrogens is 254 g/mol. The molecule has 15 heavy (non-hydrogen) atoms. The molecule has 0 unspecified atom stereocenters. The van der Waals surface area contributed by atoms with Gasteiger partial charge in [-0.15, -0.1) is 0 Å². The lowest BCUT2D eigenvalue weighted by atomic mass is 10.1. The van der Waals surface area contributed by atoms with E-state index in [-0.39, 0.29) is 0 Å². The molecule has 3 nitrogen and oxygen atoms in total. The van der Waals surface area contributed by atoms with Crippen molar-refractivity contribution in [3.05, 3.63) is 16.7 Å². The van der Waals surface area contributed by atoms with Gasteiger partial charge in [-0.2, -0.15) is 0 Å². The lowest BCUT2D eigenvalue weighted by Crippen LogP contribution is -2.05. The molecule has 0 amide bonds. The molecule has 0 aromatic carbocycles. The summed E-state index contributed by atoms with van der Waals surface area (Å²) in [5.41, 5.74) is 6.28. The van der Waals surface area contributed by atoms with Crippen LogP contribution in [0, 0.1) is 5.92 Å². The van der Waals surface area contributed by atoms with E-state index in [1.807, 2.05) is 6.07 Å². The second-order valence-electron chi connectivity index (χ2n) is 4.06. The first-order valence-electron chi connectivity index (χ1n) is 5.24. The van der Waals surface area contributed by atoms with Crippen LogP contribution in [-0.2, 0) is 0 Å². The zero-order valence-corrected chi connectivity index (χ0v) is 10.8. The van der Waals surface area contributed by atoms with Gasteiger partial charge in [-0.1, -0.05) is 13.8 Å². The van der Waals surface area contributed by atoms with Crippen LogP contribution in [0.5, 0.6) is 0 Å². The minimum Gasteiger partial charge on any atom is -0.397 e. The first-order chi connectivity index (χ1) is 7.09. The molecule has 1 heterocycles. The fourth-order valence-corrected chi connectivity index (χ4v) is 1.81. The van der Waals surface area contributed by atoms with Gasteiger partial charge in [-0.05, 0) is 40.8 Å². The second-order valence-corrected chi connectivity index (χ2v) is 4.92. The van der Waals surface area contributed by atoms with Gasteiger partial charge in [0.15, 0.2) is 0 Å². The monoisotopic (exact) mass is 271 g/mol. The molecule has 0 spiro atoms. The maximum Gasteiger partial charge on any atom is 0.140 e. The zero-order chi connectivity index (χ0) is 11.3. The molecule has 0 fully saturated rings. The van der Waals surface area contributed by atoms with Crippen molar-refractivity contribution in [1.82, 2.24) is 4.98 Å². The summed E-state index contributed by atoms with van der Waals surface area (Å²) in [4.78, 5) is 4.21. The van der Waals surface area contributed by atoms with Gasteiger partial charge < -0.3 is 11.1 Å². The summed E-state index contributed by atoms with van der Waals surface area (Å²) in [6.45, 7) is 5.42. The van der Waals surface area contributed by atoms with Crippen LogP contribution in [0.3, 0.4) is 0 Å². The van der Waals surface area contributed by atoms with Crippen LogP contribution in [-0.4, -0.2) is 11.5 Å². The third-order valence-electron chi connectivity index (χ3n) is 2.11. The van der Waals surface area contributed by atoms with Crippen molar-refractivity contribution < 1.29 is 0 Å². The largest absolute Gasteiger partial charge is 0.397 e. The van der Waals surface area contributed by atoms with Gasteiger partial charge in [0.2, 0.25) is 0 Å². The Kier molecular flexibility index (Phi) is 4.88. The normalized spacial score (nSPS) is 10.7. The number of aromatic nitrogens is 1. The second kappa shape index (κ2) is 5.95. The summed E-state index contributed by atoms with van der Waals surface area (Å²) in [5, 5.41) is 3.28. The van der Waals surface area contributed by atoms with Crippen molar-refractivity contribution in [3.63, 3.8) is 0 Å². The van der Waals surface area contributed by atoms with Crippen molar-refractivity contribution in [2.24, 2.45) is 5.92 Å². The van der Waals surface area contributed by atoms with Gasteiger partial charge in [-0.3, -0.25) is 0 Å². The minimum atomic E-state index is 0.676. The number of rotatable bonds is 5. The maximum absolute atomic E-state index is 5.60. The molecule has 0 atom stereocenters. The molecule has 1 aromatic heterocycles. The number of hydrogen-bond donors (Lipinski definition) is 2. The Morgan fingerprint density at radius 3 is 2.87 bits per heavy atom. The Morgan fingerprint density at radius 1 is 1.53 bits per heavy atom. The summed E-state index contributed by atoms with van der Waals surface area (Å²) >= 11 is 3.42. The lowest BCUT2D eigenvalue weighted by molar-refractivity contribution is 0.566. The first-order valence-corrected chi connectivity index (χ1v) is 6.03. The summed E-state index contributed by atoms with van der Waals surface area (Å²) in [7, 11) is 0. The quantitative estimate of drug-likeness (QED) is 0.809. The molecule has 1 rings (SSSR count). The van der Waals surface area contributed by atoms with E-state index >= 15 is 0 Å². The van der Waals surface area contributed by atoms with Gasteiger partial charge in [0.1, 0.15) is 5.82 Å². The average molecular weight is 272 g/mol. The van der Waals surface area contributed by atoms with Gasteiger partial charge in [0.25, 0.3) is 0 Å². The molecule has 84 valence electrons. The molecule has 0 saturated carbocycles. The Balaban J connectivity index is 2.37. The van der Waals surface area contributed by atoms with Crippen LogP contribution in [0.4, 0.5) is 11.5 Å². The van der Waals surface area contributed by atoms with Crippen molar-refractivity contribution in [3.8, 4) is 0 Å². The van der Waals surface area contributed by atoms with Gasteiger partial charge in [-0.25, -0.2) is 4.98 Å². The van der Waals surface area contributed by atoms with Crippen LogP contribution in [0.15, 0.2) is 16.7 Å². The van der Waals surface area contributed by atoms with Crippen molar-refractivity contribution in [2.45, 2.75) is 26.7 Å². The van der Waals surface area contributed by atoms with Crippen LogP contribution in [0.2, 0.25) is 0 Å². The Bertz CT molecular complexity index is 313. The Morgan fingerprint density at radius 2 is 2.27 bits per heavy atom. The molecular formula is C11H18BrN3. The number of halogens is 1.